The Morgan fingerprint density at radius 3 is 2.87 bits per heavy atom. The number of nitriles is 1. The molecule has 2 aromatic rings. The van der Waals surface area contributed by atoms with E-state index < -0.39 is 12.7 Å². The van der Waals surface area contributed by atoms with Crippen LogP contribution in [0.5, 0.6) is 0 Å². The van der Waals surface area contributed by atoms with Crippen LogP contribution in [0.4, 0.5) is 4.39 Å². The molecule has 0 saturated carbocycles. The second kappa shape index (κ2) is 11.6. The minimum atomic E-state index is -0.783. The van der Waals surface area contributed by atoms with Crippen LogP contribution in [-0.2, 0) is 20.7 Å². The van der Waals surface area contributed by atoms with Gasteiger partial charge in [-0.2, -0.15) is 5.26 Å². The Bertz CT molecular complexity index is 920. The van der Waals surface area contributed by atoms with Crippen molar-refractivity contribution in [2.45, 2.75) is 25.3 Å². The summed E-state index contributed by atoms with van der Waals surface area (Å²) in [6, 6.07) is 8.39. The molecule has 2 heterocycles. The average molecular weight is 445 g/mol. The van der Waals surface area contributed by atoms with Crippen LogP contribution in [0, 0.1) is 17.2 Å². The van der Waals surface area contributed by atoms with Crippen LogP contribution in [0.25, 0.3) is 11.3 Å². The molecule has 9 heteroatoms. The number of benzene rings is 1. The van der Waals surface area contributed by atoms with Gasteiger partial charge in [-0.3, -0.25) is 9.59 Å². The molecule has 1 fully saturated rings. The van der Waals surface area contributed by atoms with E-state index in [1.807, 2.05) is 17.5 Å². The molecule has 1 aliphatic rings. The number of halogens is 1. The number of aromatic nitrogens is 1. The summed E-state index contributed by atoms with van der Waals surface area (Å²) in [4.78, 5) is 29.9. The zero-order chi connectivity index (χ0) is 22.1. The number of ketones is 1. The molecule has 1 aliphatic heterocycles. The Morgan fingerprint density at radius 2 is 2.19 bits per heavy atom. The third-order valence-electron chi connectivity index (χ3n) is 5.08. The third kappa shape index (κ3) is 6.66. The first-order valence-electron chi connectivity index (χ1n) is 10.2. The van der Waals surface area contributed by atoms with Crippen molar-refractivity contribution in [2.75, 3.05) is 33.0 Å². The number of amides is 1. The monoisotopic (exact) mass is 444 g/mol. The van der Waals surface area contributed by atoms with E-state index in [-0.39, 0.29) is 37.2 Å². The van der Waals surface area contributed by atoms with E-state index in [4.69, 9.17) is 10.00 Å². The number of piperidine rings is 1. The molecule has 1 aromatic carbocycles. The van der Waals surface area contributed by atoms with Crippen molar-refractivity contribution < 1.29 is 18.7 Å². The van der Waals surface area contributed by atoms with E-state index in [0.717, 1.165) is 30.6 Å². The van der Waals surface area contributed by atoms with E-state index in [2.05, 4.69) is 21.7 Å². The number of nitrogens with zero attached hydrogens (tertiary/aromatic N) is 2. The van der Waals surface area contributed by atoms with Crippen molar-refractivity contribution in [1.29, 1.82) is 5.26 Å². The van der Waals surface area contributed by atoms with Gasteiger partial charge in [0.2, 0.25) is 5.91 Å². The van der Waals surface area contributed by atoms with Crippen molar-refractivity contribution in [3.63, 3.8) is 0 Å². The first-order chi connectivity index (χ1) is 15.1. The molecule has 2 atom stereocenters. The van der Waals surface area contributed by atoms with E-state index >= 15 is 0 Å². The lowest BCUT2D eigenvalue weighted by atomic mass is 9.98. The number of hydrogen-bond donors (Lipinski definition) is 2. The zero-order valence-electron chi connectivity index (χ0n) is 17.1. The number of carbonyl (C=O) groups excluding carboxylic acids is 2. The summed E-state index contributed by atoms with van der Waals surface area (Å²) < 4.78 is 17.4. The molecule has 1 amide bonds. The van der Waals surface area contributed by atoms with E-state index in [1.165, 1.54) is 11.3 Å². The molecule has 164 valence electrons. The van der Waals surface area contributed by atoms with Gasteiger partial charge in [-0.15, -0.1) is 11.3 Å². The smallest absolute Gasteiger partial charge is 0.224 e. The molecule has 1 saturated heterocycles. The maximum Gasteiger partial charge on any atom is 0.224 e. The van der Waals surface area contributed by atoms with Crippen LogP contribution in [0.1, 0.15) is 23.4 Å². The number of Topliss-reactive ketones (excluding diaryl/α,β-unsaturated/α-hetero) is 1. The summed E-state index contributed by atoms with van der Waals surface area (Å²) in [5, 5.41) is 17.6. The van der Waals surface area contributed by atoms with Gasteiger partial charge in [0.05, 0.1) is 40.9 Å². The van der Waals surface area contributed by atoms with Gasteiger partial charge in [-0.05, 0) is 31.5 Å². The second-order valence-electron chi connectivity index (χ2n) is 7.33. The topological polar surface area (TPSA) is 104 Å². The van der Waals surface area contributed by atoms with Crippen LogP contribution in [0.15, 0.2) is 29.6 Å². The molecule has 0 spiro atoms. The average Bonchev–Trinajstić information content (AvgIpc) is 3.28. The van der Waals surface area contributed by atoms with Crippen LogP contribution >= 0.6 is 11.3 Å². The number of nitrogens with one attached hydrogen (secondary N) is 2. The number of alkyl halides is 1. The SMILES string of the molecule is N#Cc1ccc(-c2csc(C[C@H](NC(=O)[C@H]3CCCNC3)C(=O)COCCF)n2)cc1. The van der Waals surface area contributed by atoms with Gasteiger partial charge in [0.1, 0.15) is 13.3 Å². The Kier molecular flexibility index (Phi) is 8.64. The molecule has 31 heavy (non-hydrogen) atoms. The van der Waals surface area contributed by atoms with Gasteiger partial charge in [-0.25, -0.2) is 9.37 Å². The number of rotatable bonds is 10. The lowest BCUT2D eigenvalue weighted by molar-refractivity contribution is -0.132. The van der Waals surface area contributed by atoms with Crippen molar-refractivity contribution in [3.05, 3.63) is 40.2 Å². The Balaban J connectivity index is 1.69. The highest BCUT2D eigenvalue weighted by molar-refractivity contribution is 7.10. The highest BCUT2D eigenvalue weighted by Crippen LogP contribution is 2.23. The first-order valence-corrected chi connectivity index (χ1v) is 11.1. The summed E-state index contributed by atoms with van der Waals surface area (Å²) in [6.45, 7) is 0.398. The molecule has 1 aromatic heterocycles. The molecular weight excluding hydrogens is 419 g/mol. The highest BCUT2D eigenvalue weighted by atomic mass is 32.1. The second-order valence-corrected chi connectivity index (χ2v) is 8.27. The zero-order valence-corrected chi connectivity index (χ0v) is 17.9. The minimum absolute atomic E-state index is 0.154. The summed E-state index contributed by atoms with van der Waals surface area (Å²) in [7, 11) is 0. The van der Waals surface area contributed by atoms with Crippen molar-refractivity contribution in [1.82, 2.24) is 15.6 Å². The van der Waals surface area contributed by atoms with Crippen LogP contribution < -0.4 is 10.6 Å². The number of ether oxygens (including phenoxy) is 1. The first kappa shape index (κ1) is 23.0. The summed E-state index contributed by atoms with van der Waals surface area (Å²) in [5.41, 5.74) is 2.18. The third-order valence-corrected chi connectivity index (χ3v) is 5.95. The molecule has 2 N–H and O–H groups in total. The fourth-order valence-electron chi connectivity index (χ4n) is 3.37. The van der Waals surface area contributed by atoms with Crippen molar-refractivity contribution in [2.24, 2.45) is 5.92 Å². The quantitative estimate of drug-likeness (QED) is 0.545. The molecular formula is C22H25FN4O3S. The predicted octanol–water partition coefficient (Wildman–Crippen LogP) is 2.26. The van der Waals surface area contributed by atoms with Gasteiger partial charge in [-0.1, -0.05) is 12.1 Å². The summed E-state index contributed by atoms with van der Waals surface area (Å²) in [5.74, 6) is -0.651. The van der Waals surface area contributed by atoms with Gasteiger partial charge >= 0.3 is 0 Å². The van der Waals surface area contributed by atoms with Crippen molar-refractivity contribution in [3.8, 4) is 17.3 Å². The van der Waals surface area contributed by atoms with Crippen LogP contribution in [0.2, 0.25) is 0 Å². The fourth-order valence-corrected chi connectivity index (χ4v) is 4.22. The minimum Gasteiger partial charge on any atom is -0.371 e. The number of thiazole rings is 1. The largest absolute Gasteiger partial charge is 0.371 e. The molecule has 3 rings (SSSR count). The maximum absolute atomic E-state index is 12.7. The van der Waals surface area contributed by atoms with Crippen molar-refractivity contribution >= 4 is 23.0 Å². The Hall–Kier alpha value is -2.67. The summed E-state index contributed by atoms with van der Waals surface area (Å²) in [6.07, 6.45) is 1.93. The molecule has 0 bridgehead atoms. The predicted molar refractivity (Wildman–Crippen MR) is 115 cm³/mol. The lowest BCUT2D eigenvalue weighted by Gasteiger charge is -2.24. The van der Waals surface area contributed by atoms with E-state index in [9.17, 15) is 14.0 Å². The Labute approximate surface area is 184 Å². The Morgan fingerprint density at radius 1 is 1.39 bits per heavy atom. The van der Waals surface area contributed by atoms with Gasteiger partial charge in [0.15, 0.2) is 5.78 Å². The van der Waals surface area contributed by atoms with E-state index in [1.54, 1.807) is 12.1 Å². The van der Waals surface area contributed by atoms with Crippen LogP contribution in [-0.4, -0.2) is 55.7 Å². The van der Waals surface area contributed by atoms with Gasteiger partial charge in [0, 0.05) is 23.9 Å². The maximum atomic E-state index is 12.7. The number of carbonyl (C=O) groups is 2. The molecule has 7 nitrogen and oxygen atoms in total. The van der Waals surface area contributed by atoms with Gasteiger partial charge < -0.3 is 15.4 Å². The van der Waals surface area contributed by atoms with Crippen LogP contribution in [0.3, 0.4) is 0 Å². The molecule has 0 unspecified atom stereocenters. The molecule has 0 aliphatic carbocycles. The summed E-state index contributed by atoms with van der Waals surface area (Å²) >= 11 is 1.40. The fraction of sp³-hybridized carbons (Fsp3) is 0.455. The molecule has 0 radical (unpaired) electrons. The van der Waals surface area contributed by atoms with E-state index in [0.29, 0.717) is 17.1 Å². The van der Waals surface area contributed by atoms with Gasteiger partial charge in [0.25, 0.3) is 0 Å². The lowest BCUT2D eigenvalue weighted by Crippen LogP contribution is -2.49. The highest BCUT2D eigenvalue weighted by Gasteiger charge is 2.27. The number of hydrogen-bond acceptors (Lipinski definition) is 7. The standard InChI is InChI=1S/C22H25FN4O3S/c23-7-9-30-13-20(28)18(27-22(29)17-2-1-8-25-12-17)10-21-26-19(14-31-21)16-5-3-15(11-24)4-6-16/h3-6,14,17-18,25H,1-2,7-10,12-13H2,(H,27,29)/t17-,18-/m0/s1. The normalized spacial score (nSPS) is 17.0.